The molecule has 0 saturated carbocycles. The van der Waals surface area contributed by atoms with Gasteiger partial charge in [0.05, 0.1) is 0 Å². The minimum Gasteiger partial charge on any atom is -0.370 e. The molecule has 0 fully saturated rings. The number of hydrogen-bond acceptors (Lipinski definition) is 3. The summed E-state index contributed by atoms with van der Waals surface area (Å²) in [4.78, 5) is 18.3. The summed E-state index contributed by atoms with van der Waals surface area (Å²) in [5, 5.41) is 3.18. The lowest BCUT2D eigenvalue weighted by Gasteiger charge is -2.07. The second kappa shape index (κ2) is 6.30. The van der Waals surface area contributed by atoms with Crippen molar-refractivity contribution in [2.75, 3.05) is 11.9 Å². The van der Waals surface area contributed by atoms with E-state index in [0.29, 0.717) is 5.82 Å². The maximum atomic E-state index is 11.3. The first kappa shape index (κ1) is 12.7. The quantitative estimate of drug-likeness (QED) is 0.727. The molecule has 0 aromatic carbocycles. The molecule has 90 valence electrons. The van der Waals surface area contributed by atoms with E-state index < -0.39 is 0 Å². The van der Waals surface area contributed by atoms with Gasteiger partial charge in [-0.3, -0.25) is 4.79 Å². The van der Waals surface area contributed by atoms with E-state index in [1.54, 1.807) is 0 Å². The largest absolute Gasteiger partial charge is 0.370 e. The summed E-state index contributed by atoms with van der Waals surface area (Å²) in [5.74, 6) is 2.14. The van der Waals surface area contributed by atoms with E-state index in [2.05, 4.69) is 29.1 Å². The number of H-pyrrole nitrogens is 1. The van der Waals surface area contributed by atoms with Gasteiger partial charge in [0.15, 0.2) is 0 Å². The number of anilines is 1. The fourth-order valence-corrected chi connectivity index (χ4v) is 1.49. The van der Waals surface area contributed by atoms with Gasteiger partial charge in [0.1, 0.15) is 11.6 Å². The average molecular weight is 223 g/mol. The van der Waals surface area contributed by atoms with E-state index in [1.165, 1.54) is 12.5 Å². The van der Waals surface area contributed by atoms with Crippen molar-refractivity contribution in [3.8, 4) is 0 Å². The molecule has 0 aliphatic rings. The Hall–Kier alpha value is -1.32. The van der Waals surface area contributed by atoms with Gasteiger partial charge in [-0.15, -0.1) is 0 Å². The Balaban J connectivity index is 2.47. The molecule has 4 nitrogen and oxygen atoms in total. The zero-order chi connectivity index (χ0) is 12.0. The normalized spacial score (nSPS) is 10.8. The van der Waals surface area contributed by atoms with Crippen molar-refractivity contribution in [3.63, 3.8) is 0 Å². The maximum Gasteiger partial charge on any atom is 0.252 e. The molecule has 0 spiro atoms. The Morgan fingerprint density at radius 3 is 2.88 bits per heavy atom. The number of aryl methyl sites for hydroxylation is 1. The standard InChI is InChI=1S/C12H21N3O/c1-4-10-14-11(8-12(16)15-10)13-7-5-6-9(2)3/h8-9H,4-7H2,1-3H3,(H2,13,14,15,16). The fraction of sp³-hybridized carbons (Fsp3) is 0.667. The predicted octanol–water partition coefficient (Wildman–Crippen LogP) is 2.18. The Morgan fingerprint density at radius 2 is 2.25 bits per heavy atom. The summed E-state index contributed by atoms with van der Waals surface area (Å²) in [5.41, 5.74) is -0.0850. The van der Waals surface area contributed by atoms with E-state index >= 15 is 0 Å². The average Bonchev–Trinajstić information content (AvgIpc) is 2.23. The lowest BCUT2D eigenvalue weighted by Crippen LogP contribution is -2.14. The van der Waals surface area contributed by atoms with E-state index in [-0.39, 0.29) is 5.56 Å². The second-order valence-corrected chi connectivity index (χ2v) is 4.39. The van der Waals surface area contributed by atoms with Crippen LogP contribution in [0.4, 0.5) is 5.82 Å². The van der Waals surface area contributed by atoms with Crippen molar-refractivity contribution in [1.82, 2.24) is 9.97 Å². The zero-order valence-electron chi connectivity index (χ0n) is 10.3. The molecule has 16 heavy (non-hydrogen) atoms. The van der Waals surface area contributed by atoms with Crippen LogP contribution in [0.5, 0.6) is 0 Å². The monoisotopic (exact) mass is 223 g/mol. The molecule has 1 rings (SSSR count). The second-order valence-electron chi connectivity index (χ2n) is 4.39. The highest BCUT2D eigenvalue weighted by Crippen LogP contribution is 2.04. The van der Waals surface area contributed by atoms with Gasteiger partial charge in [-0.25, -0.2) is 4.98 Å². The molecule has 1 aromatic heterocycles. The molecule has 0 aliphatic carbocycles. The molecule has 1 heterocycles. The number of rotatable bonds is 6. The lowest BCUT2D eigenvalue weighted by molar-refractivity contribution is 0.566. The Kier molecular flexibility index (Phi) is 5.02. The van der Waals surface area contributed by atoms with Crippen molar-refractivity contribution in [2.45, 2.75) is 40.0 Å². The molecular weight excluding hydrogens is 202 g/mol. The summed E-state index contributed by atoms with van der Waals surface area (Å²) < 4.78 is 0. The highest BCUT2D eigenvalue weighted by Gasteiger charge is 1.99. The Bertz CT molecular complexity index is 371. The summed E-state index contributed by atoms with van der Waals surface area (Å²) in [7, 11) is 0. The van der Waals surface area contributed by atoms with E-state index in [1.807, 2.05) is 6.92 Å². The predicted molar refractivity (Wildman–Crippen MR) is 66.8 cm³/mol. The van der Waals surface area contributed by atoms with Crippen LogP contribution >= 0.6 is 0 Å². The van der Waals surface area contributed by atoms with E-state index in [4.69, 9.17) is 0 Å². The van der Waals surface area contributed by atoms with Crippen molar-refractivity contribution in [1.29, 1.82) is 0 Å². The number of nitrogens with one attached hydrogen (secondary N) is 2. The van der Waals surface area contributed by atoms with Crippen LogP contribution in [-0.2, 0) is 6.42 Å². The molecular formula is C12H21N3O. The molecule has 0 amide bonds. The molecule has 1 aromatic rings. The van der Waals surface area contributed by atoms with Crippen molar-refractivity contribution in [3.05, 3.63) is 22.2 Å². The van der Waals surface area contributed by atoms with Crippen LogP contribution in [0.3, 0.4) is 0 Å². The fourth-order valence-electron chi connectivity index (χ4n) is 1.49. The first-order chi connectivity index (χ1) is 7.61. The van der Waals surface area contributed by atoms with E-state index in [0.717, 1.165) is 31.1 Å². The van der Waals surface area contributed by atoms with Crippen molar-refractivity contribution < 1.29 is 0 Å². The molecule has 0 unspecified atom stereocenters. The first-order valence-electron chi connectivity index (χ1n) is 5.96. The van der Waals surface area contributed by atoms with Crippen LogP contribution in [0.25, 0.3) is 0 Å². The molecule has 0 aliphatic heterocycles. The highest BCUT2D eigenvalue weighted by atomic mass is 16.1. The number of hydrogen-bond donors (Lipinski definition) is 2. The summed E-state index contributed by atoms with van der Waals surface area (Å²) in [6, 6.07) is 1.51. The molecule has 0 atom stereocenters. The van der Waals surface area contributed by atoms with Crippen molar-refractivity contribution in [2.24, 2.45) is 5.92 Å². The molecule has 0 bridgehead atoms. The van der Waals surface area contributed by atoms with Gasteiger partial charge in [0, 0.05) is 19.0 Å². The lowest BCUT2D eigenvalue weighted by atomic mass is 10.1. The minimum absolute atomic E-state index is 0.0850. The molecule has 0 saturated heterocycles. The minimum atomic E-state index is -0.0850. The van der Waals surface area contributed by atoms with Crippen molar-refractivity contribution >= 4 is 5.82 Å². The van der Waals surface area contributed by atoms with Gasteiger partial charge in [0.25, 0.3) is 5.56 Å². The van der Waals surface area contributed by atoms with Crippen LogP contribution in [-0.4, -0.2) is 16.5 Å². The van der Waals surface area contributed by atoms with E-state index in [9.17, 15) is 4.79 Å². The first-order valence-corrected chi connectivity index (χ1v) is 5.96. The molecule has 4 heteroatoms. The van der Waals surface area contributed by atoms with Gasteiger partial charge in [-0.1, -0.05) is 20.8 Å². The number of nitrogens with zero attached hydrogens (tertiary/aromatic N) is 1. The number of aromatic amines is 1. The smallest absolute Gasteiger partial charge is 0.252 e. The number of aromatic nitrogens is 2. The van der Waals surface area contributed by atoms with Crippen LogP contribution in [0, 0.1) is 5.92 Å². The van der Waals surface area contributed by atoms with Gasteiger partial charge in [0.2, 0.25) is 0 Å². The summed E-state index contributed by atoms with van der Waals surface area (Å²) in [6.07, 6.45) is 3.04. The van der Waals surface area contributed by atoms with Crippen LogP contribution in [0.2, 0.25) is 0 Å². The zero-order valence-corrected chi connectivity index (χ0v) is 10.3. The Labute approximate surface area is 96.5 Å². The third kappa shape index (κ3) is 4.47. The van der Waals surface area contributed by atoms with Crippen LogP contribution in [0.15, 0.2) is 10.9 Å². The van der Waals surface area contributed by atoms with Crippen LogP contribution < -0.4 is 10.9 Å². The summed E-state index contributed by atoms with van der Waals surface area (Å²) in [6.45, 7) is 7.26. The van der Waals surface area contributed by atoms with Gasteiger partial charge in [-0.2, -0.15) is 0 Å². The third-order valence-corrected chi connectivity index (χ3v) is 2.39. The van der Waals surface area contributed by atoms with Gasteiger partial charge < -0.3 is 10.3 Å². The SMILES string of the molecule is CCc1nc(NCCCC(C)C)cc(=O)[nH]1. The maximum absolute atomic E-state index is 11.3. The third-order valence-electron chi connectivity index (χ3n) is 2.39. The summed E-state index contributed by atoms with van der Waals surface area (Å²) >= 11 is 0. The molecule has 2 N–H and O–H groups in total. The highest BCUT2D eigenvalue weighted by molar-refractivity contribution is 5.32. The van der Waals surface area contributed by atoms with Gasteiger partial charge in [-0.05, 0) is 18.8 Å². The Morgan fingerprint density at radius 1 is 1.50 bits per heavy atom. The van der Waals surface area contributed by atoms with Crippen LogP contribution in [0.1, 0.15) is 39.4 Å². The topological polar surface area (TPSA) is 57.8 Å². The van der Waals surface area contributed by atoms with Gasteiger partial charge >= 0.3 is 0 Å². The molecule has 0 radical (unpaired) electrons.